The zero-order valence-corrected chi connectivity index (χ0v) is 41.1. The molecular weight excluding hydrogens is 863 g/mol. The first-order valence-corrected chi connectivity index (χ1v) is 25.2. The Kier molecular flexibility index (Phi) is 7.91. The summed E-state index contributed by atoms with van der Waals surface area (Å²) in [5, 5.41) is 7.20. The van der Waals surface area contributed by atoms with Crippen molar-refractivity contribution in [3.8, 4) is 44.5 Å². The minimum atomic E-state index is -0.307. The molecule has 3 aliphatic rings. The number of benzene rings is 10. The summed E-state index contributed by atoms with van der Waals surface area (Å²) in [6, 6.07) is 67.7. The summed E-state index contributed by atoms with van der Waals surface area (Å²) in [6.07, 6.45) is 0. The molecule has 0 radical (unpaired) electrons. The summed E-state index contributed by atoms with van der Waals surface area (Å²) in [7, 11) is 0. The molecule has 3 nitrogen and oxygen atoms in total. The topological polar surface area (TPSA) is 29.5 Å². The van der Waals surface area contributed by atoms with Crippen LogP contribution < -0.4 is 4.90 Å². The average Bonchev–Trinajstić information content (AvgIpc) is 4.13. The van der Waals surface area contributed by atoms with Crippen molar-refractivity contribution in [2.45, 2.75) is 64.7 Å². The Morgan fingerprint density at radius 3 is 1.70 bits per heavy atom. The van der Waals surface area contributed by atoms with Gasteiger partial charge >= 0.3 is 0 Å². The Morgan fingerprint density at radius 2 is 0.930 bits per heavy atom. The first kappa shape index (κ1) is 40.7. The largest absolute Gasteiger partial charge is 0.456 e. The minimum Gasteiger partial charge on any atom is -0.456 e. The quantitative estimate of drug-likeness (QED) is 0.176. The smallest absolute Gasteiger partial charge is 0.143 e. The van der Waals surface area contributed by atoms with Crippen LogP contribution in [0.1, 0.15) is 80.5 Å². The van der Waals surface area contributed by atoms with Crippen LogP contribution in [-0.2, 0) is 16.2 Å². The highest BCUT2D eigenvalue weighted by Crippen LogP contribution is 2.60. The molecule has 0 atom stereocenters. The second-order valence-corrected chi connectivity index (χ2v) is 22.1. The number of hydrogen-bond donors (Lipinski definition) is 0. The van der Waals surface area contributed by atoms with Crippen LogP contribution in [0.4, 0.5) is 17.1 Å². The number of aryl methyl sites for hydroxylation is 1. The van der Waals surface area contributed by atoms with E-state index in [4.69, 9.17) is 8.83 Å². The molecule has 71 heavy (non-hydrogen) atoms. The van der Waals surface area contributed by atoms with Gasteiger partial charge in [-0.3, -0.25) is 0 Å². The SMILES string of the molecule is Cc1ccccc1N(c1ccc2c(c1)C(C)(C)c1cc3c(cc1-2)C(C)(C)c1ccc2oc4ccccc4c2c1-3)c1ccc2c(c1)C(C)(C)c1cc(-c3ccc4ccccc4c3)c3oc4ccccc4c3c1-2. The fraction of sp³-hybridized carbons (Fsp3) is 0.147. The second kappa shape index (κ2) is 13.8. The fourth-order valence-corrected chi connectivity index (χ4v) is 13.4. The van der Waals surface area contributed by atoms with E-state index in [9.17, 15) is 0 Å². The molecule has 12 aromatic rings. The van der Waals surface area contributed by atoms with Crippen LogP contribution in [0.15, 0.2) is 191 Å². The van der Waals surface area contributed by atoms with Gasteiger partial charge in [0.15, 0.2) is 0 Å². The molecular formula is C68H51NO2. The Labute approximate surface area is 413 Å². The van der Waals surface area contributed by atoms with Crippen LogP contribution in [0.2, 0.25) is 0 Å². The van der Waals surface area contributed by atoms with Crippen LogP contribution in [0, 0.1) is 6.92 Å². The zero-order chi connectivity index (χ0) is 47.9. The van der Waals surface area contributed by atoms with Crippen molar-refractivity contribution in [1.82, 2.24) is 0 Å². The highest BCUT2D eigenvalue weighted by molar-refractivity contribution is 6.19. The van der Waals surface area contributed by atoms with Gasteiger partial charge in [0.05, 0.1) is 0 Å². The maximum atomic E-state index is 6.89. The van der Waals surface area contributed by atoms with Gasteiger partial charge < -0.3 is 13.7 Å². The first-order valence-electron chi connectivity index (χ1n) is 25.2. The number of para-hydroxylation sites is 3. The van der Waals surface area contributed by atoms with Gasteiger partial charge in [-0.05, 0) is 168 Å². The Balaban J connectivity index is 0.891. The van der Waals surface area contributed by atoms with Gasteiger partial charge in [-0.1, -0.05) is 151 Å². The summed E-state index contributed by atoms with van der Waals surface area (Å²) in [5.41, 5.74) is 26.0. The van der Waals surface area contributed by atoms with E-state index in [1.54, 1.807) is 0 Å². The van der Waals surface area contributed by atoms with Gasteiger partial charge in [-0.2, -0.15) is 0 Å². The molecule has 0 amide bonds. The number of anilines is 3. The van der Waals surface area contributed by atoms with Gasteiger partial charge in [-0.15, -0.1) is 0 Å². The van der Waals surface area contributed by atoms with Gasteiger partial charge in [0.2, 0.25) is 0 Å². The molecule has 2 aromatic heterocycles. The van der Waals surface area contributed by atoms with E-state index in [1.165, 1.54) is 105 Å². The van der Waals surface area contributed by atoms with Gasteiger partial charge in [0, 0.05) is 60.4 Å². The molecule has 3 heteroatoms. The van der Waals surface area contributed by atoms with Gasteiger partial charge in [0.25, 0.3) is 0 Å². The molecule has 0 bridgehead atoms. The third kappa shape index (κ3) is 5.33. The van der Waals surface area contributed by atoms with E-state index in [0.29, 0.717) is 0 Å². The summed E-state index contributed by atoms with van der Waals surface area (Å²) >= 11 is 0. The summed E-state index contributed by atoms with van der Waals surface area (Å²) in [4.78, 5) is 2.50. The van der Waals surface area contributed by atoms with Crippen molar-refractivity contribution in [2.75, 3.05) is 4.90 Å². The third-order valence-corrected chi connectivity index (χ3v) is 17.2. The zero-order valence-electron chi connectivity index (χ0n) is 41.1. The highest BCUT2D eigenvalue weighted by atomic mass is 16.3. The third-order valence-electron chi connectivity index (χ3n) is 17.2. The maximum Gasteiger partial charge on any atom is 0.143 e. The number of rotatable bonds is 4. The predicted molar refractivity (Wildman–Crippen MR) is 296 cm³/mol. The van der Waals surface area contributed by atoms with Crippen LogP contribution >= 0.6 is 0 Å². The molecule has 3 aliphatic carbocycles. The van der Waals surface area contributed by atoms with Crippen molar-refractivity contribution < 1.29 is 8.83 Å². The lowest BCUT2D eigenvalue weighted by molar-refractivity contribution is 0.651. The van der Waals surface area contributed by atoms with E-state index in [0.717, 1.165) is 50.2 Å². The maximum absolute atomic E-state index is 6.89. The number of hydrogen-bond acceptors (Lipinski definition) is 3. The number of furan rings is 2. The van der Waals surface area contributed by atoms with Crippen LogP contribution in [0.25, 0.3) is 99.2 Å². The van der Waals surface area contributed by atoms with Crippen molar-refractivity contribution in [3.63, 3.8) is 0 Å². The molecule has 0 saturated heterocycles. The molecule has 2 heterocycles. The Bertz CT molecular complexity index is 4340. The molecule has 0 N–H and O–H groups in total. The van der Waals surface area contributed by atoms with Crippen molar-refractivity contribution in [2.24, 2.45) is 0 Å². The minimum absolute atomic E-state index is 0.170. The standard InChI is InChI=1S/C68H51NO2/c1-38-16-8-13-21-57(38)69(42-26-28-44-49-36-55-50(37-54(49)67(4,5)52(44)33-42)62-51(66(55,2)3)30-31-60-63(62)46-19-11-14-22-58(46)70-60)43-27-29-45-53(34-43)68(6,7)56-35-48(41-25-24-39-17-9-10-18-40(39)32-41)65-64(61(45)56)47-20-12-15-23-59(47)71-65/h8-37H,1-7H3. The first-order chi connectivity index (χ1) is 34.4. The van der Waals surface area contributed by atoms with E-state index < -0.39 is 0 Å². The Morgan fingerprint density at radius 1 is 0.366 bits per heavy atom. The molecule has 340 valence electrons. The molecule has 0 unspecified atom stereocenters. The molecule has 15 rings (SSSR count). The summed E-state index contributed by atoms with van der Waals surface area (Å²) in [6.45, 7) is 16.7. The molecule has 0 spiro atoms. The Hall–Kier alpha value is -8.14. The number of fused-ring (bicyclic) bond motifs is 18. The monoisotopic (exact) mass is 913 g/mol. The van der Waals surface area contributed by atoms with E-state index in [-0.39, 0.29) is 16.2 Å². The van der Waals surface area contributed by atoms with Crippen LogP contribution in [-0.4, -0.2) is 0 Å². The van der Waals surface area contributed by atoms with Crippen molar-refractivity contribution >= 4 is 71.7 Å². The lowest BCUT2D eigenvalue weighted by atomic mass is 9.79. The lowest BCUT2D eigenvalue weighted by Crippen LogP contribution is -2.18. The summed E-state index contributed by atoms with van der Waals surface area (Å²) < 4.78 is 13.4. The predicted octanol–water partition coefficient (Wildman–Crippen LogP) is 19.0. The lowest BCUT2D eigenvalue weighted by Gasteiger charge is -2.30. The molecule has 0 aliphatic heterocycles. The average molecular weight is 914 g/mol. The van der Waals surface area contributed by atoms with E-state index in [1.807, 2.05) is 0 Å². The van der Waals surface area contributed by atoms with Crippen LogP contribution in [0.3, 0.4) is 0 Å². The molecule has 0 fully saturated rings. The van der Waals surface area contributed by atoms with E-state index >= 15 is 0 Å². The molecule has 10 aromatic carbocycles. The normalized spacial score (nSPS) is 15.3. The highest BCUT2D eigenvalue weighted by Gasteiger charge is 2.44. The van der Waals surface area contributed by atoms with Crippen molar-refractivity contribution in [1.29, 1.82) is 0 Å². The summed E-state index contributed by atoms with van der Waals surface area (Å²) in [5.74, 6) is 0. The van der Waals surface area contributed by atoms with Gasteiger partial charge in [0.1, 0.15) is 22.3 Å². The second-order valence-electron chi connectivity index (χ2n) is 22.1. The molecule has 0 saturated carbocycles. The fourth-order valence-electron chi connectivity index (χ4n) is 13.4. The van der Waals surface area contributed by atoms with E-state index in [2.05, 4.69) is 235 Å². The number of nitrogens with zero attached hydrogens (tertiary/aromatic N) is 1. The van der Waals surface area contributed by atoms with Gasteiger partial charge in [-0.25, -0.2) is 0 Å². The van der Waals surface area contributed by atoms with Crippen molar-refractivity contribution in [3.05, 3.63) is 221 Å². The van der Waals surface area contributed by atoms with Crippen LogP contribution in [0.5, 0.6) is 0 Å².